The highest BCUT2D eigenvalue weighted by Crippen LogP contribution is 2.49. The van der Waals surface area contributed by atoms with Gasteiger partial charge in [0.1, 0.15) is 5.72 Å². The number of nitrogens with zero attached hydrogens (tertiary/aromatic N) is 1. The highest BCUT2D eigenvalue weighted by Gasteiger charge is 2.56. The normalized spacial score (nSPS) is 35.9. The number of piperidine rings is 1. The first-order valence-corrected chi connectivity index (χ1v) is 8.13. The lowest BCUT2D eigenvalue weighted by atomic mass is 9.78. The van der Waals surface area contributed by atoms with Crippen LogP contribution in [0.3, 0.4) is 0 Å². The molecule has 3 rings (SSSR count). The molecule has 0 aliphatic carbocycles. The van der Waals surface area contributed by atoms with Crippen LogP contribution in [-0.2, 0) is 9.53 Å². The summed E-state index contributed by atoms with van der Waals surface area (Å²) in [6.45, 7) is 7.04. The highest BCUT2D eigenvalue weighted by atomic mass is 16.5. The molecule has 114 valence electrons. The molecule has 3 nitrogen and oxygen atoms in total. The van der Waals surface area contributed by atoms with Crippen LogP contribution in [-0.4, -0.2) is 23.1 Å². The van der Waals surface area contributed by atoms with Crippen LogP contribution >= 0.6 is 0 Å². The Hall–Kier alpha value is -1.35. The molecule has 2 saturated heterocycles. The Kier molecular flexibility index (Phi) is 3.78. The molecule has 2 aliphatic rings. The number of hydrogen-bond donors (Lipinski definition) is 0. The molecule has 0 N–H and O–H groups in total. The van der Waals surface area contributed by atoms with E-state index >= 15 is 0 Å². The Morgan fingerprint density at radius 2 is 1.95 bits per heavy atom. The SMILES string of the molecule is CC[C@H]1C[C@@H](CC)[C@]2(C)OC[C@@H](c3ccccc3)N2C1=O. The maximum absolute atomic E-state index is 12.9. The van der Waals surface area contributed by atoms with Crippen LogP contribution in [0.15, 0.2) is 30.3 Å². The minimum atomic E-state index is -0.433. The summed E-state index contributed by atoms with van der Waals surface area (Å²) in [7, 11) is 0. The minimum Gasteiger partial charge on any atom is -0.353 e. The number of rotatable bonds is 3. The topological polar surface area (TPSA) is 29.5 Å². The smallest absolute Gasteiger partial charge is 0.228 e. The molecule has 1 aromatic carbocycles. The Morgan fingerprint density at radius 1 is 1.24 bits per heavy atom. The predicted molar refractivity (Wildman–Crippen MR) is 82.6 cm³/mol. The second kappa shape index (κ2) is 5.45. The van der Waals surface area contributed by atoms with Gasteiger partial charge in [-0.1, -0.05) is 44.2 Å². The lowest BCUT2D eigenvalue weighted by Crippen LogP contribution is -2.58. The molecular weight excluding hydrogens is 262 g/mol. The summed E-state index contributed by atoms with van der Waals surface area (Å²) in [5.41, 5.74) is 0.749. The van der Waals surface area contributed by atoms with Crippen LogP contribution < -0.4 is 0 Å². The zero-order chi connectivity index (χ0) is 15.0. The summed E-state index contributed by atoms with van der Waals surface area (Å²) in [6, 6.07) is 10.3. The van der Waals surface area contributed by atoms with E-state index < -0.39 is 5.72 Å². The van der Waals surface area contributed by atoms with Gasteiger partial charge in [0.05, 0.1) is 12.6 Å². The van der Waals surface area contributed by atoms with Crippen molar-refractivity contribution in [3.63, 3.8) is 0 Å². The largest absolute Gasteiger partial charge is 0.353 e. The summed E-state index contributed by atoms with van der Waals surface area (Å²) in [4.78, 5) is 15.0. The molecule has 0 bridgehead atoms. The van der Waals surface area contributed by atoms with Crippen molar-refractivity contribution >= 4 is 5.91 Å². The van der Waals surface area contributed by atoms with Gasteiger partial charge in [-0.25, -0.2) is 0 Å². The Balaban J connectivity index is 1.99. The molecule has 0 aromatic heterocycles. The molecule has 0 saturated carbocycles. The zero-order valence-electron chi connectivity index (χ0n) is 13.2. The van der Waals surface area contributed by atoms with Crippen LogP contribution in [0.1, 0.15) is 51.6 Å². The van der Waals surface area contributed by atoms with E-state index in [1.807, 2.05) is 23.1 Å². The van der Waals surface area contributed by atoms with Crippen molar-refractivity contribution in [2.24, 2.45) is 11.8 Å². The van der Waals surface area contributed by atoms with Gasteiger partial charge in [-0.2, -0.15) is 0 Å². The summed E-state index contributed by atoms with van der Waals surface area (Å²) in [5.74, 6) is 0.848. The van der Waals surface area contributed by atoms with Gasteiger partial charge < -0.3 is 9.64 Å². The number of amides is 1. The number of carbonyl (C=O) groups is 1. The summed E-state index contributed by atoms with van der Waals surface area (Å²) in [6.07, 6.45) is 2.93. The third kappa shape index (κ3) is 2.18. The van der Waals surface area contributed by atoms with Gasteiger partial charge in [0.2, 0.25) is 5.91 Å². The van der Waals surface area contributed by atoms with Gasteiger partial charge in [0.15, 0.2) is 0 Å². The van der Waals surface area contributed by atoms with E-state index in [-0.39, 0.29) is 17.9 Å². The average Bonchev–Trinajstić information content (AvgIpc) is 2.87. The lowest BCUT2D eigenvalue weighted by molar-refractivity contribution is -0.178. The summed E-state index contributed by atoms with van der Waals surface area (Å²) < 4.78 is 6.18. The molecular formula is C18H25NO2. The second-order valence-electron chi connectivity index (χ2n) is 6.45. The van der Waals surface area contributed by atoms with Crippen molar-refractivity contribution < 1.29 is 9.53 Å². The molecule has 2 fully saturated rings. The van der Waals surface area contributed by atoms with Crippen LogP contribution in [0.5, 0.6) is 0 Å². The zero-order valence-corrected chi connectivity index (χ0v) is 13.2. The fourth-order valence-corrected chi connectivity index (χ4v) is 4.05. The fourth-order valence-electron chi connectivity index (χ4n) is 4.05. The number of hydrogen-bond acceptors (Lipinski definition) is 2. The first kappa shape index (κ1) is 14.6. The minimum absolute atomic E-state index is 0.0621. The first-order valence-electron chi connectivity index (χ1n) is 8.13. The van der Waals surface area contributed by atoms with Gasteiger partial charge in [0, 0.05) is 11.8 Å². The molecule has 3 heteroatoms. The molecule has 2 aliphatic heterocycles. The molecule has 21 heavy (non-hydrogen) atoms. The van der Waals surface area contributed by atoms with E-state index in [1.54, 1.807) is 0 Å². The van der Waals surface area contributed by atoms with E-state index in [0.717, 1.165) is 19.3 Å². The van der Waals surface area contributed by atoms with Gasteiger partial charge in [0.25, 0.3) is 0 Å². The van der Waals surface area contributed by atoms with Gasteiger partial charge in [-0.15, -0.1) is 0 Å². The Labute approximate surface area is 127 Å². The number of ether oxygens (including phenoxy) is 1. The van der Waals surface area contributed by atoms with Crippen molar-refractivity contribution in [3.8, 4) is 0 Å². The van der Waals surface area contributed by atoms with Crippen LogP contribution in [0.25, 0.3) is 0 Å². The highest BCUT2D eigenvalue weighted by molar-refractivity contribution is 5.81. The van der Waals surface area contributed by atoms with E-state index in [4.69, 9.17) is 4.74 Å². The lowest BCUT2D eigenvalue weighted by Gasteiger charge is -2.48. The Bertz CT molecular complexity index is 515. The summed E-state index contributed by atoms with van der Waals surface area (Å²) in [5, 5.41) is 0. The molecule has 0 spiro atoms. The second-order valence-corrected chi connectivity index (χ2v) is 6.45. The number of benzene rings is 1. The maximum atomic E-state index is 12.9. The standard InChI is InChI=1S/C18H25NO2/c1-4-13-11-15(5-2)18(3)19(17(13)20)16(12-21-18)14-9-7-6-8-10-14/h6-10,13,15-16H,4-5,11-12H2,1-3H3/t13-,15+,16-,18-/m0/s1. The molecule has 0 unspecified atom stereocenters. The van der Waals surface area contributed by atoms with Gasteiger partial charge >= 0.3 is 0 Å². The summed E-state index contributed by atoms with van der Waals surface area (Å²) >= 11 is 0. The van der Waals surface area contributed by atoms with E-state index in [0.29, 0.717) is 12.5 Å². The average molecular weight is 287 g/mol. The molecule has 0 radical (unpaired) electrons. The van der Waals surface area contributed by atoms with Gasteiger partial charge in [-0.05, 0) is 31.7 Å². The number of carbonyl (C=O) groups excluding carboxylic acids is 1. The van der Waals surface area contributed by atoms with Crippen molar-refractivity contribution in [1.29, 1.82) is 0 Å². The fraction of sp³-hybridized carbons (Fsp3) is 0.611. The third-order valence-corrected chi connectivity index (χ3v) is 5.41. The third-order valence-electron chi connectivity index (χ3n) is 5.41. The molecule has 1 aromatic rings. The Morgan fingerprint density at radius 3 is 2.57 bits per heavy atom. The first-order chi connectivity index (χ1) is 10.1. The van der Waals surface area contributed by atoms with Crippen molar-refractivity contribution in [2.45, 2.75) is 51.8 Å². The van der Waals surface area contributed by atoms with Crippen LogP contribution in [0.4, 0.5) is 0 Å². The van der Waals surface area contributed by atoms with Crippen LogP contribution in [0, 0.1) is 11.8 Å². The maximum Gasteiger partial charge on any atom is 0.228 e. The quantitative estimate of drug-likeness (QED) is 0.847. The van der Waals surface area contributed by atoms with Crippen molar-refractivity contribution in [1.82, 2.24) is 4.90 Å². The van der Waals surface area contributed by atoms with Crippen molar-refractivity contribution in [3.05, 3.63) is 35.9 Å². The monoisotopic (exact) mass is 287 g/mol. The predicted octanol–water partition coefficient (Wildman–Crippen LogP) is 3.76. The van der Waals surface area contributed by atoms with Gasteiger partial charge in [-0.3, -0.25) is 4.79 Å². The molecule has 2 heterocycles. The number of fused-ring (bicyclic) bond motifs is 1. The van der Waals surface area contributed by atoms with Crippen LogP contribution in [0.2, 0.25) is 0 Å². The molecule has 1 amide bonds. The van der Waals surface area contributed by atoms with Crippen molar-refractivity contribution in [2.75, 3.05) is 6.61 Å². The van der Waals surface area contributed by atoms with E-state index in [1.165, 1.54) is 5.56 Å². The van der Waals surface area contributed by atoms with E-state index in [2.05, 4.69) is 32.9 Å². The van der Waals surface area contributed by atoms with E-state index in [9.17, 15) is 4.79 Å². The molecule has 4 atom stereocenters.